The lowest BCUT2D eigenvalue weighted by molar-refractivity contribution is -0.169. The molecule has 1 heterocycles. The molecule has 0 amide bonds. The van der Waals surface area contributed by atoms with Gasteiger partial charge in [0.05, 0.1) is 6.61 Å². The van der Waals surface area contributed by atoms with Crippen molar-refractivity contribution in [3.8, 4) is 0 Å². The molecule has 6 heteroatoms. The van der Waals surface area contributed by atoms with Gasteiger partial charge in [0, 0.05) is 12.6 Å². The highest BCUT2D eigenvalue weighted by Gasteiger charge is 2.29. The summed E-state index contributed by atoms with van der Waals surface area (Å²) < 4.78 is 9.90. The smallest absolute Gasteiger partial charge is 0.347 e. The number of hydrogen-bond acceptors (Lipinski definition) is 5. The summed E-state index contributed by atoms with van der Waals surface area (Å²) in [7, 11) is 0. The van der Waals surface area contributed by atoms with Crippen molar-refractivity contribution in [2.45, 2.75) is 52.2 Å². The Kier molecular flexibility index (Phi) is 7.67. The number of hydrogen-bond donors (Lipinski definition) is 1. The minimum absolute atomic E-state index is 0.152. The second-order valence-electron chi connectivity index (χ2n) is 5.70. The highest BCUT2D eigenvalue weighted by atomic mass is 16.6. The maximum absolute atomic E-state index is 11.5. The first kappa shape index (κ1) is 17.9. The molecule has 0 spiro atoms. The van der Waals surface area contributed by atoms with Gasteiger partial charge in [-0.2, -0.15) is 0 Å². The minimum atomic E-state index is -1.50. The molecule has 0 aromatic heterocycles. The van der Waals surface area contributed by atoms with Crippen LogP contribution >= 0.6 is 0 Å². The summed E-state index contributed by atoms with van der Waals surface area (Å²) in [6.45, 7) is 8.60. The van der Waals surface area contributed by atoms with Crippen LogP contribution in [-0.4, -0.2) is 60.4 Å². The monoisotopic (exact) mass is 301 g/mol. The van der Waals surface area contributed by atoms with Crippen molar-refractivity contribution < 1.29 is 24.2 Å². The predicted molar refractivity (Wildman–Crippen MR) is 78.1 cm³/mol. The molecule has 0 aliphatic carbocycles. The van der Waals surface area contributed by atoms with E-state index >= 15 is 0 Å². The minimum Gasteiger partial charge on any atom is -0.479 e. The number of carboxylic acids is 1. The molecule has 122 valence electrons. The topological polar surface area (TPSA) is 76.1 Å². The summed E-state index contributed by atoms with van der Waals surface area (Å²) in [5.41, 5.74) is 0. The molecule has 0 aromatic rings. The van der Waals surface area contributed by atoms with E-state index in [4.69, 9.17) is 14.6 Å². The highest BCUT2D eigenvalue weighted by molar-refractivity contribution is 5.97. The van der Waals surface area contributed by atoms with E-state index in [1.807, 2.05) is 0 Å². The van der Waals surface area contributed by atoms with E-state index < -0.39 is 18.0 Å². The zero-order valence-electron chi connectivity index (χ0n) is 13.2. The van der Waals surface area contributed by atoms with Crippen molar-refractivity contribution in [1.29, 1.82) is 0 Å². The predicted octanol–water partition coefficient (Wildman–Crippen LogP) is 1.53. The van der Waals surface area contributed by atoms with Crippen molar-refractivity contribution in [2.75, 3.05) is 26.3 Å². The van der Waals surface area contributed by atoms with Crippen molar-refractivity contribution in [2.24, 2.45) is 5.92 Å². The average Bonchev–Trinajstić information content (AvgIpc) is 2.43. The largest absolute Gasteiger partial charge is 0.479 e. The van der Waals surface area contributed by atoms with Crippen molar-refractivity contribution >= 4 is 11.9 Å². The van der Waals surface area contributed by atoms with Crippen molar-refractivity contribution in [3.63, 3.8) is 0 Å². The fourth-order valence-electron chi connectivity index (χ4n) is 2.57. The maximum atomic E-state index is 11.5. The summed E-state index contributed by atoms with van der Waals surface area (Å²) >= 11 is 0. The highest BCUT2D eigenvalue weighted by Crippen LogP contribution is 2.22. The van der Waals surface area contributed by atoms with Gasteiger partial charge >= 0.3 is 11.9 Å². The summed E-state index contributed by atoms with van der Waals surface area (Å²) in [6.07, 6.45) is 1.48. The fourth-order valence-corrected chi connectivity index (χ4v) is 2.57. The Balaban J connectivity index is 2.29. The molecule has 1 unspecified atom stereocenters. The first-order valence-electron chi connectivity index (χ1n) is 7.70. The molecule has 1 saturated heterocycles. The maximum Gasteiger partial charge on any atom is 0.347 e. The van der Waals surface area contributed by atoms with Crippen LogP contribution in [0.1, 0.15) is 40.0 Å². The molecule has 0 aromatic carbocycles. The molecule has 1 atom stereocenters. The summed E-state index contributed by atoms with van der Waals surface area (Å²) in [5, 5.41) is 8.97. The lowest BCUT2D eigenvalue weighted by Gasteiger charge is -2.34. The Morgan fingerprint density at radius 2 is 1.90 bits per heavy atom. The van der Waals surface area contributed by atoms with Crippen LogP contribution in [0.5, 0.6) is 0 Å². The quantitative estimate of drug-likeness (QED) is 0.541. The third-order valence-electron chi connectivity index (χ3n) is 3.92. The van der Waals surface area contributed by atoms with Gasteiger partial charge in [-0.15, -0.1) is 0 Å². The van der Waals surface area contributed by atoms with Gasteiger partial charge in [0.15, 0.2) is 0 Å². The molecule has 1 aliphatic rings. The molecule has 21 heavy (non-hydrogen) atoms. The summed E-state index contributed by atoms with van der Waals surface area (Å²) in [4.78, 5) is 24.9. The third-order valence-corrected chi connectivity index (χ3v) is 3.92. The number of esters is 1. The average molecular weight is 301 g/mol. The van der Waals surface area contributed by atoms with Crippen LogP contribution in [0, 0.1) is 5.92 Å². The number of rotatable bonds is 8. The molecule has 0 saturated carbocycles. The first-order valence-corrected chi connectivity index (χ1v) is 7.70. The molecule has 0 radical (unpaired) electrons. The van der Waals surface area contributed by atoms with Gasteiger partial charge in [-0.1, -0.05) is 0 Å². The summed E-state index contributed by atoms with van der Waals surface area (Å²) in [6, 6.07) is 0.572. The van der Waals surface area contributed by atoms with Gasteiger partial charge in [-0.05, 0) is 59.0 Å². The molecule has 1 fully saturated rings. The Morgan fingerprint density at radius 3 is 2.38 bits per heavy atom. The fraction of sp³-hybridized carbons (Fsp3) is 0.867. The SMILES string of the molecule is CCOC(=O)C(OCCC1CCN(C(C)C)CC1)C(=O)O. The van der Waals surface area contributed by atoms with E-state index in [1.54, 1.807) is 6.92 Å². The number of carbonyl (C=O) groups excluding carboxylic acids is 1. The van der Waals surface area contributed by atoms with E-state index in [0.29, 0.717) is 12.0 Å². The zero-order valence-corrected chi connectivity index (χ0v) is 13.2. The second-order valence-corrected chi connectivity index (χ2v) is 5.70. The number of carboxylic acid groups (broad SMARTS) is 1. The number of carbonyl (C=O) groups is 2. The van der Waals surface area contributed by atoms with Crippen molar-refractivity contribution in [1.82, 2.24) is 4.90 Å². The standard InChI is InChI=1S/C15H27NO5/c1-4-20-15(19)13(14(17)18)21-10-7-12-5-8-16(9-6-12)11(2)3/h11-13H,4-10H2,1-3H3,(H,17,18). The molecular formula is C15H27NO5. The van der Waals surface area contributed by atoms with E-state index in [-0.39, 0.29) is 13.2 Å². The normalized spacial score (nSPS) is 18.7. The van der Waals surface area contributed by atoms with Gasteiger partial charge in [0.2, 0.25) is 0 Å². The number of likely N-dealkylation sites (tertiary alicyclic amines) is 1. The number of nitrogens with zero attached hydrogens (tertiary/aromatic N) is 1. The molecule has 1 N–H and O–H groups in total. The van der Waals surface area contributed by atoms with Gasteiger partial charge in [-0.25, -0.2) is 9.59 Å². The van der Waals surface area contributed by atoms with Crippen LogP contribution in [0.2, 0.25) is 0 Å². The lowest BCUT2D eigenvalue weighted by Crippen LogP contribution is -2.39. The Morgan fingerprint density at radius 1 is 1.29 bits per heavy atom. The summed E-state index contributed by atoms with van der Waals surface area (Å²) in [5.74, 6) is -1.57. The van der Waals surface area contributed by atoms with Gasteiger partial charge in [0.25, 0.3) is 6.10 Å². The van der Waals surface area contributed by atoms with Gasteiger partial charge < -0.3 is 19.5 Å². The number of piperidine rings is 1. The third kappa shape index (κ3) is 6.01. The van der Waals surface area contributed by atoms with Crippen LogP contribution in [0.25, 0.3) is 0 Å². The molecule has 0 bridgehead atoms. The lowest BCUT2D eigenvalue weighted by atomic mass is 9.93. The van der Waals surface area contributed by atoms with Crippen LogP contribution in [0.15, 0.2) is 0 Å². The van der Waals surface area contributed by atoms with Gasteiger partial charge in [0.1, 0.15) is 0 Å². The Labute approximate surface area is 126 Å². The molecule has 6 nitrogen and oxygen atoms in total. The zero-order chi connectivity index (χ0) is 15.8. The molecule has 1 aliphatic heterocycles. The van der Waals surface area contributed by atoms with Crippen LogP contribution in [-0.2, 0) is 19.1 Å². The van der Waals surface area contributed by atoms with E-state index in [0.717, 1.165) is 32.4 Å². The van der Waals surface area contributed by atoms with E-state index in [9.17, 15) is 9.59 Å². The number of ether oxygens (including phenoxy) is 2. The Hall–Kier alpha value is -1.14. The van der Waals surface area contributed by atoms with Crippen LogP contribution < -0.4 is 0 Å². The van der Waals surface area contributed by atoms with Crippen LogP contribution in [0.3, 0.4) is 0 Å². The molecular weight excluding hydrogens is 274 g/mol. The number of aliphatic carboxylic acids is 1. The van der Waals surface area contributed by atoms with Gasteiger partial charge in [-0.3, -0.25) is 0 Å². The van der Waals surface area contributed by atoms with E-state index in [1.165, 1.54) is 0 Å². The van der Waals surface area contributed by atoms with E-state index in [2.05, 4.69) is 18.7 Å². The molecule has 1 rings (SSSR count). The van der Waals surface area contributed by atoms with Crippen LogP contribution in [0.4, 0.5) is 0 Å². The first-order chi connectivity index (χ1) is 9.95. The second kappa shape index (κ2) is 9.00. The Bertz CT molecular complexity index is 337. The van der Waals surface area contributed by atoms with Crippen molar-refractivity contribution in [3.05, 3.63) is 0 Å².